The molecular formula is C24H30N6O3. The summed E-state index contributed by atoms with van der Waals surface area (Å²) in [5.41, 5.74) is 4.59. The van der Waals surface area contributed by atoms with E-state index in [1.165, 1.54) is 0 Å². The molecule has 1 aromatic carbocycles. The number of hydrogen-bond donors (Lipinski definition) is 2. The predicted octanol–water partition coefficient (Wildman–Crippen LogP) is 2.03. The maximum Gasteiger partial charge on any atom is 0.241 e. The van der Waals surface area contributed by atoms with Crippen LogP contribution in [0.2, 0.25) is 0 Å². The molecule has 2 fully saturated rings. The molecule has 0 saturated carbocycles. The fourth-order valence-electron chi connectivity index (χ4n) is 4.58. The van der Waals surface area contributed by atoms with Crippen LogP contribution < -0.4 is 25.0 Å². The van der Waals surface area contributed by atoms with Crippen LogP contribution in [0.3, 0.4) is 0 Å². The van der Waals surface area contributed by atoms with Crippen molar-refractivity contribution >= 4 is 17.1 Å². The molecule has 0 bridgehead atoms. The van der Waals surface area contributed by atoms with Gasteiger partial charge in [-0.2, -0.15) is 5.10 Å². The zero-order valence-corrected chi connectivity index (χ0v) is 19.3. The number of benzene rings is 1. The van der Waals surface area contributed by atoms with Gasteiger partial charge >= 0.3 is 0 Å². The number of carbonyl (C=O) groups is 1. The van der Waals surface area contributed by atoms with Crippen LogP contribution in [0.15, 0.2) is 30.6 Å². The lowest BCUT2D eigenvalue weighted by Gasteiger charge is -2.30. The number of fused-ring (bicyclic) bond motifs is 1. The maximum atomic E-state index is 11.7. The Morgan fingerprint density at radius 1 is 1.24 bits per heavy atom. The van der Waals surface area contributed by atoms with Crippen molar-refractivity contribution in [1.29, 1.82) is 0 Å². The van der Waals surface area contributed by atoms with E-state index < -0.39 is 0 Å². The first-order valence-corrected chi connectivity index (χ1v) is 11.5. The molecular weight excluding hydrogens is 420 g/mol. The number of nitrogens with zero attached hydrogens (tertiary/aromatic N) is 4. The van der Waals surface area contributed by atoms with Crippen LogP contribution in [0.4, 0.5) is 5.69 Å². The first-order chi connectivity index (χ1) is 16.0. The number of anilines is 1. The lowest BCUT2D eigenvalue weighted by atomic mass is 10.0. The van der Waals surface area contributed by atoms with Crippen molar-refractivity contribution in [2.75, 3.05) is 44.7 Å². The SMILES string of the molecule is COc1cc(-c2cn3ncc(C)c3c(O[C@H](C)[C@H]3CNC(=O)C3)n2)ccc1N1CCNCC1. The summed E-state index contributed by atoms with van der Waals surface area (Å²) in [5.74, 6) is 1.53. The third-order valence-corrected chi connectivity index (χ3v) is 6.55. The molecule has 5 rings (SSSR count). The van der Waals surface area contributed by atoms with Crippen LogP contribution in [0.25, 0.3) is 16.8 Å². The molecule has 2 atom stereocenters. The van der Waals surface area contributed by atoms with E-state index in [1.54, 1.807) is 7.11 Å². The second-order valence-corrected chi connectivity index (χ2v) is 8.77. The van der Waals surface area contributed by atoms with Gasteiger partial charge in [0.15, 0.2) is 0 Å². The fourth-order valence-corrected chi connectivity index (χ4v) is 4.58. The Balaban J connectivity index is 1.50. The van der Waals surface area contributed by atoms with Gasteiger partial charge in [-0.1, -0.05) is 6.07 Å². The zero-order valence-electron chi connectivity index (χ0n) is 19.3. The van der Waals surface area contributed by atoms with Gasteiger partial charge in [0.1, 0.15) is 17.4 Å². The van der Waals surface area contributed by atoms with Gasteiger partial charge in [0, 0.05) is 56.2 Å². The Hall–Kier alpha value is -3.33. The summed E-state index contributed by atoms with van der Waals surface area (Å²) >= 11 is 0. The molecule has 4 heterocycles. The van der Waals surface area contributed by atoms with Crippen LogP contribution in [-0.2, 0) is 4.79 Å². The highest BCUT2D eigenvalue weighted by molar-refractivity contribution is 5.78. The number of hydrogen-bond acceptors (Lipinski definition) is 7. The molecule has 9 nitrogen and oxygen atoms in total. The molecule has 2 saturated heterocycles. The van der Waals surface area contributed by atoms with Crippen LogP contribution in [0, 0.1) is 12.8 Å². The highest BCUT2D eigenvalue weighted by atomic mass is 16.5. The number of aromatic nitrogens is 3. The normalized spacial score (nSPS) is 19.5. The van der Waals surface area contributed by atoms with Crippen molar-refractivity contribution < 1.29 is 14.3 Å². The number of carbonyl (C=O) groups excluding carboxylic acids is 1. The summed E-state index contributed by atoms with van der Waals surface area (Å²) < 4.78 is 13.9. The Labute approximate surface area is 193 Å². The van der Waals surface area contributed by atoms with E-state index >= 15 is 0 Å². The number of nitrogens with one attached hydrogen (secondary N) is 2. The highest BCUT2D eigenvalue weighted by Crippen LogP contribution is 2.35. The largest absolute Gasteiger partial charge is 0.495 e. The van der Waals surface area contributed by atoms with Gasteiger partial charge in [-0.15, -0.1) is 0 Å². The van der Waals surface area contributed by atoms with E-state index in [0.29, 0.717) is 18.8 Å². The summed E-state index contributed by atoms with van der Waals surface area (Å²) in [6.07, 6.45) is 4.04. The van der Waals surface area contributed by atoms with Crippen LogP contribution in [0.5, 0.6) is 11.6 Å². The summed E-state index contributed by atoms with van der Waals surface area (Å²) in [6, 6.07) is 6.19. The number of aryl methyl sites for hydroxylation is 1. The van der Waals surface area contributed by atoms with Crippen LogP contribution in [-0.4, -0.2) is 66.4 Å². The summed E-state index contributed by atoms with van der Waals surface area (Å²) in [7, 11) is 1.70. The molecule has 2 aromatic heterocycles. The van der Waals surface area contributed by atoms with Crippen LogP contribution >= 0.6 is 0 Å². The summed E-state index contributed by atoms with van der Waals surface area (Å²) in [5, 5.41) is 10.8. The summed E-state index contributed by atoms with van der Waals surface area (Å²) in [6.45, 7) is 8.42. The van der Waals surface area contributed by atoms with E-state index in [-0.39, 0.29) is 17.9 Å². The molecule has 33 heavy (non-hydrogen) atoms. The van der Waals surface area contributed by atoms with Gasteiger partial charge in [0.25, 0.3) is 0 Å². The topological polar surface area (TPSA) is 93.0 Å². The molecule has 0 spiro atoms. The van der Waals surface area contributed by atoms with Gasteiger partial charge in [0.2, 0.25) is 11.8 Å². The Bertz CT molecular complexity index is 1170. The third-order valence-electron chi connectivity index (χ3n) is 6.55. The van der Waals surface area contributed by atoms with Gasteiger partial charge in [-0.3, -0.25) is 4.79 Å². The predicted molar refractivity (Wildman–Crippen MR) is 126 cm³/mol. The van der Waals surface area contributed by atoms with Crippen molar-refractivity contribution in [3.8, 4) is 22.9 Å². The van der Waals surface area contributed by atoms with Crippen molar-refractivity contribution in [1.82, 2.24) is 25.2 Å². The highest BCUT2D eigenvalue weighted by Gasteiger charge is 2.29. The lowest BCUT2D eigenvalue weighted by molar-refractivity contribution is -0.119. The van der Waals surface area contributed by atoms with E-state index in [2.05, 4.69) is 32.8 Å². The molecule has 0 aliphatic carbocycles. The quantitative estimate of drug-likeness (QED) is 0.594. The number of ether oxygens (including phenoxy) is 2. The Morgan fingerprint density at radius 3 is 2.79 bits per heavy atom. The first kappa shape index (κ1) is 21.5. The van der Waals surface area contributed by atoms with Crippen molar-refractivity contribution in [3.63, 3.8) is 0 Å². The molecule has 0 unspecified atom stereocenters. The minimum absolute atomic E-state index is 0.0690. The first-order valence-electron chi connectivity index (χ1n) is 11.5. The average Bonchev–Trinajstić information content (AvgIpc) is 3.45. The lowest BCUT2D eigenvalue weighted by Crippen LogP contribution is -2.43. The minimum atomic E-state index is -0.158. The monoisotopic (exact) mass is 450 g/mol. The Morgan fingerprint density at radius 2 is 2.06 bits per heavy atom. The van der Waals surface area contributed by atoms with Crippen LogP contribution in [0.1, 0.15) is 18.9 Å². The smallest absolute Gasteiger partial charge is 0.241 e. The third kappa shape index (κ3) is 4.20. The molecule has 2 aliphatic rings. The molecule has 0 radical (unpaired) electrons. The molecule has 2 N–H and O–H groups in total. The minimum Gasteiger partial charge on any atom is -0.495 e. The number of methoxy groups -OCH3 is 1. The molecule has 3 aromatic rings. The van der Waals surface area contributed by atoms with Crippen molar-refractivity contribution in [2.24, 2.45) is 5.92 Å². The molecule has 174 valence electrons. The number of amides is 1. The molecule has 2 aliphatic heterocycles. The Kier molecular flexibility index (Phi) is 5.80. The van der Waals surface area contributed by atoms with E-state index in [9.17, 15) is 4.79 Å². The van der Waals surface area contributed by atoms with Gasteiger partial charge in [0.05, 0.1) is 30.9 Å². The van der Waals surface area contributed by atoms with E-state index in [0.717, 1.165) is 60.0 Å². The standard InChI is InChI=1S/C24H30N6O3/c1-15-12-27-30-14-19(28-24(23(15)30)33-16(2)18-11-22(31)26-13-18)17-4-5-20(21(10-17)32-3)29-8-6-25-7-9-29/h4-5,10,12,14,16,18,25H,6-9,11,13H2,1-3H3,(H,26,31)/t16-,18-/m1/s1. The average molecular weight is 451 g/mol. The second kappa shape index (κ2) is 8.90. The maximum absolute atomic E-state index is 11.7. The summed E-state index contributed by atoms with van der Waals surface area (Å²) in [4.78, 5) is 18.9. The van der Waals surface area contributed by atoms with Crippen molar-refractivity contribution in [3.05, 3.63) is 36.2 Å². The molecule has 9 heteroatoms. The van der Waals surface area contributed by atoms with E-state index in [4.69, 9.17) is 14.5 Å². The van der Waals surface area contributed by atoms with E-state index in [1.807, 2.05) is 36.8 Å². The van der Waals surface area contributed by atoms with Crippen molar-refractivity contribution in [2.45, 2.75) is 26.4 Å². The second-order valence-electron chi connectivity index (χ2n) is 8.77. The van der Waals surface area contributed by atoms with Gasteiger partial charge < -0.3 is 25.0 Å². The molecule has 1 amide bonds. The zero-order chi connectivity index (χ0) is 22.9. The number of rotatable bonds is 6. The fraction of sp³-hybridized carbons (Fsp3) is 0.458. The van der Waals surface area contributed by atoms with Gasteiger partial charge in [-0.25, -0.2) is 9.50 Å². The van der Waals surface area contributed by atoms with Gasteiger partial charge in [-0.05, 0) is 26.0 Å². The number of piperazine rings is 1.